The van der Waals surface area contributed by atoms with E-state index in [0.29, 0.717) is 18.8 Å². The van der Waals surface area contributed by atoms with Crippen molar-refractivity contribution >= 4 is 28.3 Å². The Kier molecular flexibility index (Phi) is 3.80. The van der Waals surface area contributed by atoms with Crippen molar-refractivity contribution in [2.24, 2.45) is 11.8 Å². The Bertz CT molecular complexity index is 1010. The van der Waals surface area contributed by atoms with Gasteiger partial charge in [0.1, 0.15) is 0 Å². The van der Waals surface area contributed by atoms with Crippen molar-refractivity contribution in [1.82, 2.24) is 4.90 Å². The molecule has 27 heavy (non-hydrogen) atoms. The number of anilines is 1. The van der Waals surface area contributed by atoms with Crippen molar-refractivity contribution in [3.05, 3.63) is 78.4 Å². The van der Waals surface area contributed by atoms with Gasteiger partial charge in [0.05, 0.1) is 17.5 Å². The van der Waals surface area contributed by atoms with Crippen molar-refractivity contribution < 1.29 is 9.59 Å². The average molecular weight is 356 g/mol. The first kappa shape index (κ1) is 16.2. The molecule has 134 valence electrons. The van der Waals surface area contributed by atoms with Crippen molar-refractivity contribution in [2.75, 3.05) is 18.0 Å². The fourth-order valence-corrected chi connectivity index (χ4v) is 4.38. The quantitative estimate of drug-likeness (QED) is 0.675. The van der Waals surface area contributed by atoms with Gasteiger partial charge >= 0.3 is 0 Å². The Hall–Kier alpha value is -2.98. The summed E-state index contributed by atoms with van der Waals surface area (Å²) in [7, 11) is 0. The van der Waals surface area contributed by atoms with E-state index in [9.17, 15) is 9.59 Å². The standard InChI is InChI=1S/C23H20N2O2/c26-22-20-14-24(13-16-10-11-17-6-4-5-7-18(17)12-16)15-21(20)23(27)25(22)19-8-2-1-3-9-19/h1-12,20-21H,13-15H2. The second-order valence-electron chi connectivity index (χ2n) is 7.44. The summed E-state index contributed by atoms with van der Waals surface area (Å²) in [6.07, 6.45) is 0. The maximum atomic E-state index is 12.8. The summed E-state index contributed by atoms with van der Waals surface area (Å²) < 4.78 is 0. The third-order valence-electron chi connectivity index (χ3n) is 5.71. The number of carbonyl (C=O) groups excluding carboxylic acids is 2. The van der Waals surface area contributed by atoms with Crippen LogP contribution in [-0.2, 0) is 16.1 Å². The number of hydrogen-bond acceptors (Lipinski definition) is 3. The lowest BCUT2D eigenvalue weighted by Gasteiger charge is -2.20. The van der Waals surface area contributed by atoms with Gasteiger partial charge in [0.15, 0.2) is 0 Å². The van der Waals surface area contributed by atoms with E-state index in [2.05, 4.69) is 35.2 Å². The summed E-state index contributed by atoms with van der Waals surface area (Å²) in [6, 6.07) is 24.0. The van der Waals surface area contributed by atoms with Crippen LogP contribution in [0, 0.1) is 11.8 Å². The topological polar surface area (TPSA) is 40.6 Å². The SMILES string of the molecule is O=C1C2CN(Cc3ccc4ccccc4c3)CC2C(=O)N1c1ccccc1. The average Bonchev–Trinajstić information content (AvgIpc) is 3.21. The zero-order chi connectivity index (χ0) is 18.4. The van der Waals surface area contributed by atoms with E-state index in [1.807, 2.05) is 42.5 Å². The summed E-state index contributed by atoms with van der Waals surface area (Å²) >= 11 is 0. The van der Waals surface area contributed by atoms with Crippen LogP contribution in [0.15, 0.2) is 72.8 Å². The number of carbonyl (C=O) groups is 2. The molecule has 0 saturated carbocycles. The summed E-state index contributed by atoms with van der Waals surface area (Å²) in [5.41, 5.74) is 1.90. The zero-order valence-corrected chi connectivity index (χ0v) is 14.9. The Balaban J connectivity index is 1.33. The number of imide groups is 1. The molecule has 2 aliphatic heterocycles. The van der Waals surface area contributed by atoms with Crippen molar-refractivity contribution in [1.29, 1.82) is 0 Å². The molecule has 2 heterocycles. The van der Waals surface area contributed by atoms with E-state index in [4.69, 9.17) is 0 Å². The molecule has 0 bridgehead atoms. The molecular formula is C23H20N2O2. The fraction of sp³-hybridized carbons (Fsp3) is 0.217. The highest BCUT2D eigenvalue weighted by atomic mass is 16.2. The van der Waals surface area contributed by atoms with Crippen LogP contribution < -0.4 is 4.90 Å². The molecule has 0 spiro atoms. The highest BCUT2D eigenvalue weighted by Crippen LogP contribution is 2.36. The Morgan fingerprint density at radius 3 is 2.07 bits per heavy atom. The van der Waals surface area contributed by atoms with Gasteiger partial charge in [-0.25, -0.2) is 4.90 Å². The molecule has 3 aromatic rings. The maximum absolute atomic E-state index is 12.8. The predicted molar refractivity (Wildman–Crippen MR) is 105 cm³/mol. The first-order valence-electron chi connectivity index (χ1n) is 9.33. The molecule has 0 aromatic heterocycles. The van der Waals surface area contributed by atoms with E-state index in [-0.39, 0.29) is 23.7 Å². The number of rotatable bonds is 3. The van der Waals surface area contributed by atoms with Gasteiger partial charge in [0, 0.05) is 19.6 Å². The third-order valence-corrected chi connectivity index (χ3v) is 5.71. The lowest BCUT2D eigenvalue weighted by Crippen LogP contribution is -2.35. The van der Waals surface area contributed by atoms with Gasteiger partial charge in [0.2, 0.25) is 11.8 Å². The minimum Gasteiger partial charge on any atom is -0.297 e. The number of fused-ring (bicyclic) bond motifs is 2. The number of benzene rings is 3. The van der Waals surface area contributed by atoms with Gasteiger partial charge < -0.3 is 0 Å². The largest absolute Gasteiger partial charge is 0.297 e. The highest BCUT2D eigenvalue weighted by molar-refractivity contribution is 6.22. The molecule has 2 amide bonds. The number of hydrogen-bond donors (Lipinski definition) is 0. The number of para-hydroxylation sites is 1. The van der Waals surface area contributed by atoms with Crippen LogP contribution in [0.5, 0.6) is 0 Å². The Morgan fingerprint density at radius 2 is 1.37 bits per heavy atom. The molecule has 2 saturated heterocycles. The molecule has 0 N–H and O–H groups in total. The molecule has 0 aliphatic carbocycles. The van der Waals surface area contributed by atoms with E-state index < -0.39 is 0 Å². The maximum Gasteiger partial charge on any atom is 0.239 e. The minimum absolute atomic E-state index is 0.0581. The molecule has 4 nitrogen and oxygen atoms in total. The van der Waals surface area contributed by atoms with Gasteiger partial charge in [-0.15, -0.1) is 0 Å². The normalized spacial score (nSPS) is 22.6. The van der Waals surface area contributed by atoms with Gasteiger partial charge in [0.25, 0.3) is 0 Å². The summed E-state index contributed by atoms with van der Waals surface area (Å²) in [5.74, 6) is -0.564. The summed E-state index contributed by atoms with van der Waals surface area (Å²) in [5, 5.41) is 2.44. The van der Waals surface area contributed by atoms with E-state index in [1.165, 1.54) is 21.2 Å². The Morgan fingerprint density at radius 1 is 0.741 bits per heavy atom. The number of likely N-dealkylation sites (tertiary alicyclic amines) is 1. The van der Waals surface area contributed by atoms with Crippen LogP contribution in [0.3, 0.4) is 0 Å². The lowest BCUT2D eigenvalue weighted by atomic mass is 10.00. The summed E-state index contributed by atoms with van der Waals surface area (Å²) in [4.78, 5) is 29.3. The lowest BCUT2D eigenvalue weighted by molar-refractivity contribution is -0.123. The van der Waals surface area contributed by atoms with E-state index in [0.717, 1.165) is 6.54 Å². The van der Waals surface area contributed by atoms with Crippen LogP contribution in [0.1, 0.15) is 5.56 Å². The van der Waals surface area contributed by atoms with Crippen LogP contribution in [0.25, 0.3) is 10.8 Å². The van der Waals surface area contributed by atoms with Crippen molar-refractivity contribution in [3.63, 3.8) is 0 Å². The molecule has 2 atom stereocenters. The van der Waals surface area contributed by atoms with E-state index >= 15 is 0 Å². The van der Waals surface area contributed by atoms with Crippen LogP contribution in [0.4, 0.5) is 5.69 Å². The molecule has 4 heteroatoms. The molecule has 2 aliphatic rings. The molecule has 2 unspecified atom stereocenters. The van der Waals surface area contributed by atoms with Crippen LogP contribution in [-0.4, -0.2) is 29.8 Å². The molecule has 3 aromatic carbocycles. The van der Waals surface area contributed by atoms with Crippen molar-refractivity contribution in [3.8, 4) is 0 Å². The van der Waals surface area contributed by atoms with Gasteiger partial charge in [-0.3, -0.25) is 14.5 Å². The monoisotopic (exact) mass is 356 g/mol. The minimum atomic E-state index is -0.224. The number of amides is 2. The molecular weight excluding hydrogens is 336 g/mol. The summed E-state index contributed by atoms with van der Waals surface area (Å²) in [6.45, 7) is 2.06. The van der Waals surface area contributed by atoms with Gasteiger partial charge in [-0.1, -0.05) is 54.6 Å². The van der Waals surface area contributed by atoms with Gasteiger partial charge in [-0.05, 0) is 34.5 Å². The van der Waals surface area contributed by atoms with Crippen LogP contribution >= 0.6 is 0 Å². The van der Waals surface area contributed by atoms with E-state index in [1.54, 1.807) is 0 Å². The second kappa shape index (κ2) is 6.32. The predicted octanol–water partition coefficient (Wildman–Crippen LogP) is 3.46. The smallest absolute Gasteiger partial charge is 0.239 e. The van der Waals surface area contributed by atoms with Crippen LogP contribution in [0.2, 0.25) is 0 Å². The van der Waals surface area contributed by atoms with Gasteiger partial charge in [-0.2, -0.15) is 0 Å². The highest BCUT2D eigenvalue weighted by Gasteiger charge is 2.52. The number of nitrogens with zero attached hydrogens (tertiary/aromatic N) is 2. The molecule has 2 fully saturated rings. The Labute approximate surface area is 158 Å². The second-order valence-corrected chi connectivity index (χ2v) is 7.44. The first-order valence-corrected chi connectivity index (χ1v) is 9.33. The first-order chi connectivity index (χ1) is 13.2. The third kappa shape index (κ3) is 2.73. The fourth-order valence-electron chi connectivity index (χ4n) is 4.38. The molecule has 0 radical (unpaired) electrons. The van der Waals surface area contributed by atoms with Crippen molar-refractivity contribution in [2.45, 2.75) is 6.54 Å². The molecule has 5 rings (SSSR count). The zero-order valence-electron chi connectivity index (χ0n) is 14.9.